The molecule has 2 atom stereocenters. The molecule has 2 aliphatic rings. The molecule has 114 valence electrons. The first-order chi connectivity index (χ1) is 11.0. The lowest BCUT2D eigenvalue weighted by Crippen LogP contribution is -2.27. The molecule has 0 N–H and O–H groups in total. The molecule has 0 saturated heterocycles. The molecule has 2 heteroatoms. The minimum absolute atomic E-state index is 0.0670. The van der Waals surface area contributed by atoms with E-state index in [1.165, 1.54) is 6.08 Å². The summed E-state index contributed by atoms with van der Waals surface area (Å²) < 4.78 is 0. The van der Waals surface area contributed by atoms with Crippen molar-refractivity contribution in [2.45, 2.75) is 19.3 Å². The minimum atomic E-state index is -0.689. The van der Waals surface area contributed by atoms with Crippen LogP contribution in [0.15, 0.2) is 72.3 Å². The van der Waals surface area contributed by atoms with Crippen LogP contribution < -0.4 is 0 Å². The van der Waals surface area contributed by atoms with E-state index < -0.39 is 10.8 Å². The second-order valence-electron chi connectivity index (χ2n) is 6.73. The maximum Gasteiger partial charge on any atom is 0.166 e. The lowest BCUT2D eigenvalue weighted by molar-refractivity contribution is -0.125. The van der Waals surface area contributed by atoms with E-state index in [-0.39, 0.29) is 17.5 Å². The van der Waals surface area contributed by atoms with Crippen molar-refractivity contribution in [3.63, 3.8) is 0 Å². The van der Waals surface area contributed by atoms with E-state index >= 15 is 0 Å². The average Bonchev–Trinajstić information content (AvgIpc) is 3.18. The summed E-state index contributed by atoms with van der Waals surface area (Å²) in [7, 11) is 0. The van der Waals surface area contributed by atoms with Crippen LogP contribution in [-0.4, -0.2) is 11.6 Å². The van der Waals surface area contributed by atoms with Crippen LogP contribution in [-0.2, 0) is 15.0 Å². The molecule has 2 nitrogen and oxygen atoms in total. The molecule has 23 heavy (non-hydrogen) atoms. The molecule has 0 spiro atoms. The van der Waals surface area contributed by atoms with Gasteiger partial charge in [0.25, 0.3) is 0 Å². The molecule has 0 bridgehead atoms. The summed E-state index contributed by atoms with van der Waals surface area (Å²) >= 11 is 0. The Morgan fingerprint density at radius 3 is 1.78 bits per heavy atom. The highest BCUT2D eigenvalue weighted by Crippen LogP contribution is 2.75. The zero-order valence-electron chi connectivity index (χ0n) is 13.2. The van der Waals surface area contributed by atoms with Crippen LogP contribution in [0.5, 0.6) is 0 Å². The van der Waals surface area contributed by atoms with Crippen LogP contribution in [0.1, 0.15) is 25.0 Å². The maximum absolute atomic E-state index is 13.0. The Morgan fingerprint density at radius 2 is 1.30 bits per heavy atom. The van der Waals surface area contributed by atoms with E-state index in [2.05, 4.69) is 0 Å². The standard InChI is InChI=1S/C21H18O2/c1-14-13-17(22)18-20(2,19(14)23)21(18,15-9-5-3-6-10-15)16-11-7-4-8-12-16/h3-13,18H,1-2H3. The highest BCUT2D eigenvalue weighted by atomic mass is 16.1. The molecule has 0 radical (unpaired) electrons. The highest BCUT2D eigenvalue weighted by molar-refractivity contribution is 6.19. The molecule has 0 aliphatic heterocycles. The zero-order valence-corrected chi connectivity index (χ0v) is 13.2. The fourth-order valence-electron chi connectivity index (χ4n) is 4.70. The number of hydrogen-bond donors (Lipinski definition) is 0. The van der Waals surface area contributed by atoms with Gasteiger partial charge in [-0.3, -0.25) is 9.59 Å². The Hall–Kier alpha value is -2.48. The topological polar surface area (TPSA) is 34.1 Å². The molecular weight excluding hydrogens is 284 g/mol. The number of Topliss-reactive ketones (excluding diaryl/α,β-unsaturated/α-hetero) is 1. The van der Waals surface area contributed by atoms with Gasteiger partial charge in [-0.1, -0.05) is 67.6 Å². The number of carbonyl (C=O) groups excluding carboxylic acids is 2. The Morgan fingerprint density at radius 1 is 0.826 bits per heavy atom. The summed E-state index contributed by atoms with van der Waals surface area (Å²) in [5.74, 6) is -0.150. The Kier molecular flexibility index (Phi) is 2.77. The summed E-state index contributed by atoms with van der Waals surface area (Å²) in [5.41, 5.74) is 1.42. The number of hydrogen-bond acceptors (Lipinski definition) is 2. The zero-order chi connectivity index (χ0) is 16.2. The van der Waals surface area contributed by atoms with Gasteiger partial charge in [-0.15, -0.1) is 0 Å². The first-order valence-electron chi connectivity index (χ1n) is 7.92. The van der Waals surface area contributed by atoms with Crippen LogP contribution in [0.4, 0.5) is 0 Å². The molecule has 2 aliphatic carbocycles. The molecule has 2 aromatic rings. The maximum atomic E-state index is 13.0. The van der Waals surface area contributed by atoms with Gasteiger partial charge in [0, 0.05) is 5.41 Å². The largest absolute Gasteiger partial charge is 0.294 e. The number of allylic oxidation sites excluding steroid dienone is 2. The second-order valence-corrected chi connectivity index (χ2v) is 6.73. The number of carbonyl (C=O) groups is 2. The Labute approximate surface area is 135 Å². The quantitative estimate of drug-likeness (QED) is 0.847. The van der Waals surface area contributed by atoms with E-state index in [0.717, 1.165) is 11.1 Å². The SMILES string of the molecule is CC1=CC(=O)C2C(C)(C1=O)C2(c1ccccc1)c1ccccc1. The van der Waals surface area contributed by atoms with Crippen molar-refractivity contribution >= 4 is 11.6 Å². The van der Waals surface area contributed by atoms with Crippen LogP contribution in [0, 0.1) is 11.3 Å². The fourth-order valence-corrected chi connectivity index (χ4v) is 4.70. The molecule has 1 fully saturated rings. The van der Waals surface area contributed by atoms with Crippen LogP contribution in [0.25, 0.3) is 0 Å². The third-order valence-corrected chi connectivity index (χ3v) is 5.68. The number of rotatable bonds is 2. The lowest BCUT2D eigenvalue weighted by atomic mass is 9.78. The Bertz CT molecular complexity index is 793. The van der Waals surface area contributed by atoms with Gasteiger partial charge < -0.3 is 0 Å². The predicted molar refractivity (Wildman–Crippen MR) is 89.0 cm³/mol. The van der Waals surface area contributed by atoms with Gasteiger partial charge in [0.2, 0.25) is 0 Å². The van der Waals surface area contributed by atoms with Crippen molar-refractivity contribution in [1.29, 1.82) is 0 Å². The molecule has 0 amide bonds. The average molecular weight is 302 g/mol. The molecule has 4 rings (SSSR count). The summed E-state index contributed by atoms with van der Waals surface area (Å²) in [6, 6.07) is 20.0. The van der Waals surface area contributed by atoms with E-state index in [0.29, 0.717) is 5.57 Å². The van der Waals surface area contributed by atoms with Crippen molar-refractivity contribution in [3.05, 3.63) is 83.4 Å². The van der Waals surface area contributed by atoms with Gasteiger partial charge in [0.1, 0.15) is 0 Å². The highest BCUT2D eigenvalue weighted by Gasteiger charge is 2.81. The summed E-state index contributed by atoms with van der Waals surface area (Å²) in [6.45, 7) is 3.70. The number of ketones is 2. The van der Waals surface area contributed by atoms with Crippen molar-refractivity contribution in [1.82, 2.24) is 0 Å². The summed E-state index contributed by atoms with van der Waals surface area (Å²) in [4.78, 5) is 25.7. The van der Waals surface area contributed by atoms with Gasteiger partial charge in [0.15, 0.2) is 11.6 Å². The van der Waals surface area contributed by atoms with Gasteiger partial charge in [-0.05, 0) is 29.7 Å². The van der Waals surface area contributed by atoms with E-state index in [4.69, 9.17) is 0 Å². The van der Waals surface area contributed by atoms with Crippen LogP contribution in [0.2, 0.25) is 0 Å². The van der Waals surface area contributed by atoms with Crippen LogP contribution >= 0.6 is 0 Å². The molecule has 2 aromatic carbocycles. The van der Waals surface area contributed by atoms with E-state index in [9.17, 15) is 9.59 Å². The fraction of sp³-hybridized carbons (Fsp3) is 0.238. The molecule has 1 saturated carbocycles. The first kappa shape index (κ1) is 14.1. The number of fused-ring (bicyclic) bond motifs is 1. The molecule has 0 aromatic heterocycles. The van der Waals surface area contributed by atoms with Gasteiger partial charge in [0.05, 0.1) is 11.3 Å². The monoisotopic (exact) mass is 302 g/mol. The van der Waals surface area contributed by atoms with Gasteiger partial charge in [-0.2, -0.15) is 0 Å². The molecular formula is C21H18O2. The van der Waals surface area contributed by atoms with Crippen molar-refractivity contribution in [2.24, 2.45) is 11.3 Å². The van der Waals surface area contributed by atoms with Crippen LogP contribution in [0.3, 0.4) is 0 Å². The minimum Gasteiger partial charge on any atom is -0.294 e. The smallest absolute Gasteiger partial charge is 0.166 e. The van der Waals surface area contributed by atoms with Crippen molar-refractivity contribution in [2.75, 3.05) is 0 Å². The van der Waals surface area contributed by atoms with Crippen molar-refractivity contribution < 1.29 is 9.59 Å². The Balaban J connectivity index is 2.02. The third kappa shape index (κ3) is 1.53. The number of benzene rings is 2. The third-order valence-electron chi connectivity index (χ3n) is 5.68. The molecule has 2 unspecified atom stereocenters. The van der Waals surface area contributed by atoms with E-state index in [1.807, 2.05) is 67.6 Å². The summed E-state index contributed by atoms with van der Waals surface area (Å²) in [5, 5.41) is 0. The normalized spacial score (nSPS) is 28.1. The second kappa shape index (κ2) is 4.51. The van der Waals surface area contributed by atoms with E-state index in [1.54, 1.807) is 6.92 Å². The predicted octanol–water partition coefficient (Wildman–Crippen LogP) is 3.71. The van der Waals surface area contributed by atoms with Gasteiger partial charge >= 0.3 is 0 Å². The molecule has 0 heterocycles. The van der Waals surface area contributed by atoms with Gasteiger partial charge in [-0.25, -0.2) is 0 Å². The first-order valence-corrected chi connectivity index (χ1v) is 7.92. The summed E-state index contributed by atoms with van der Waals surface area (Å²) in [6.07, 6.45) is 1.53. The van der Waals surface area contributed by atoms with Crippen molar-refractivity contribution in [3.8, 4) is 0 Å². The lowest BCUT2D eigenvalue weighted by Gasteiger charge is -2.23.